The number of carbonyl (C=O) groups is 1. The summed E-state index contributed by atoms with van der Waals surface area (Å²) in [6.45, 7) is 5.48. The van der Waals surface area contributed by atoms with Gasteiger partial charge in [0.2, 0.25) is 15.9 Å². The summed E-state index contributed by atoms with van der Waals surface area (Å²) in [6, 6.07) is 11.9. The van der Waals surface area contributed by atoms with Gasteiger partial charge in [-0.3, -0.25) is 4.79 Å². The smallest absolute Gasteiger partial charge is 0.241 e. The van der Waals surface area contributed by atoms with Crippen LogP contribution in [-0.2, 0) is 14.8 Å². The fourth-order valence-electron chi connectivity index (χ4n) is 2.88. The van der Waals surface area contributed by atoms with Crippen LogP contribution in [0, 0.1) is 13.8 Å². The van der Waals surface area contributed by atoms with E-state index in [-0.39, 0.29) is 16.8 Å². The normalized spacial score (nSPS) is 13.7. The van der Waals surface area contributed by atoms with Crippen LogP contribution in [0.1, 0.15) is 36.1 Å². The van der Waals surface area contributed by atoms with E-state index < -0.39 is 16.1 Å². The fraction of sp³-hybridized carbons (Fsp3) is 0.381. The average molecular weight is 499 g/mol. The topological polar surface area (TPSA) is 75.3 Å². The first-order valence-electron chi connectivity index (χ1n) is 9.28. The van der Waals surface area contributed by atoms with Gasteiger partial charge >= 0.3 is 0 Å². The maximum Gasteiger partial charge on any atom is 0.241 e. The number of nitrogens with one attached hydrogen (secondary N) is 2. The molecule has 0 saturated heterocycles. The molecule has 2 atom stereocenters. The van der Waals surface area contributed by atoms with Crippen molar-refractivity contribution in [2.75, 3.05) is 12.0 Å². The molecule has 2 rings (SSSR count). The summed E-state index contributed by atoms with van der Waals surface area (Å²) < 4.78 is 29.5. The molecule has 0 aliphatic heterocycles. The second kappa shape index (κ2) is 10.6. The molecule has 0 spiro atoms. The van der Waals surface area contributed by atoms with Crippen molar-refractivity contribution in [3.63, 3.8) is 0 Å². The first-order valence-corrected chi connectivity index (χ1v) is 13.0. The molecule has 2 aromatic rings. The second-order valence-corrected chi connectivity index (χ2v) is 10.6. The van der Waals surface area contributed by atoms with Crippen LogP contribution in [0.25, 0.3) is 0 Å². The van der Waals surface area contributed by atoms with Crippen LogP contribution in [0.4, 0.5) is 0 Å². The van der Waals surface area contributed by atoms with E-state index in [4.69, 9.17) is 0 Å². The van der Waals surface area contributed by atoms with Crippen molar-refractivity contribution in [2.45, 2.75) is 44.2 Å². The van der Waals surface area contributed by atoms with Crippen LogP contribution >= 0.6 is 27.7 Å². The van der Waals surface area contributed by atoms with Crippen molar-refractivity contribution in [1.82, 2.24) is 10.0 Å². The SMILES string of the molecule is CSCCC(NS(=O)(=O)c1cc(C)ccc1C)C(=O)NC(C)c1ccc(Br)cc1. The summed E-state index contributed by atoms with van der Waals surface area (Å²) in [7, 11) is -3.82. The Bertz CT molecular complexity index is 947. The van der Waals surface area contributed by atoms with Crippen LogP contribution in [0.15, 0.2) is 51.8 Å². The highest BCUT2D eigenvalue weighted by Gasteiger charge is 2.27. The van der Waals surface area contributed by atoms with Crippen LogP contribution in [0.3, 0.4) is 0 Å². The molecule has 2 aromatic carbocycles. The van der Waals surface area contributed by atoms with E-state index in [1.54, 1.807) is 30.8 Å². The average Bonchev–Trinajstić information content (AvgIpc) is 2.67. The zero-order chi connectivity index (χ0) is 21.6. The summed E-state index contributed by atoms with van der Waals surface area (Å²) >= 11 is 4.97. The summed E-state index contributed by atoms with van der Waals surface area (Å²) in [5.74, 6) is 0.337. The highest BCUT2D eigenvalue weighted by molar-refractivity contribution is 9.10. The lowest BCUT2D eigenvalue weighted by atomic mass is 10.1. The van der Waals surface area contributed by atoms with Gasteiger partial charge in [0.1, 0.15) is 6.04 Å². The van der Waals surface area contributed by atoms with E-state index in [9.17, 15) is 13.2 Å². The Labute approximate surface area is 186 Å². The molecule has 29 heavy (non-hydrogen) atoms. The largest absolute Gasteiger partial charge is 0.348 e. The van der Waals surface area contributed by atoms with Gasteiger partial charge < -0.3 is 5.32 Å². The van der Waals surface area contributed by atoms with Crippen LogP contribution in [-0.4, -0.2) is 32.4 Å². The highest BCUT2D eigenvalue weighted by atomic mass is 79.9. The number of benzene rings is 2. The molecule has 8 heteroatoms. The first kappa shape index (κ1) is 23.9. The first-order chi connectivity index (χ1) is 13.6. The molecule has 0 aliphatic carbocycles. The van der Waals surface area contributed by atoms with Gasteiger partial charge in [0.05, 0.1) is 10.9 Å². The van der Waals surface area contributed by atoms with Crippen molar-refractivity contribution in [2.24, 2.45) is 0 Å². The Balaban J connectivity index is 2.20. The van der Waals surface area contributed by atoms with Gasteiger partial charge in [-0.25, -0.2) is 8.42 Å². The third kappa shape index (κ3) is 6.84. The number of halogens is 1. The Morgan fingerprint density at radius 2 is 1.79 bits per heavy atom. The molecule has 1 amide bonds. The molecule has 0 radical (unpaired) electrons. The minimum absolute atomic E-state index is 0.209. The quantitative estimate of drug-likeness (QED) is 0.538. The predicted octanol–water partition coefficient (Wildman–Crippen LogP) is 4.34. The lowest BCUT2D eigenvalue weighted by Crippen LogP contribution is -2.47. The van der Waals surface area contributed by atoms with Crippen molar-refractivity contribution in [3.8, 4) is 0 Å². The van der Waals surface area contributed by atoms with Gasteiger partial charge in [0.25, 0.3) is 0 Å². The minimum Gasteiger partial charge on any atom is -0.348 e. The maximum absolute atomic E-state index is 13.0. The summed E-state index contributed by atoms with van der Waals surface area (Å²) in [4.78, 5) is 13.1. The number of thioether (sulfide) groups is 1. The Hall–Kier alpha value is -1.35. The third-order valence-corrected chi connectivity index (χ3v) is 7.37. The van der Waals surface area contributed by atoms with E-state index in [1.165, 1.54) is 0 Å². The Morgan fingerprint density at radius 3 is 2.41 bits per heavy atom. The van der Waals surface area contributed by atoms with E-state index in [1.807, 2.05) is 50.4 Å². The van der Waals surface area contributed by atoms with Gasteiger partial charge in [0.15, 0.2) is 0 Å². The highest BCUT2D eigenvalue weighted by Crippen LogP contribution is 2.19. The summed E-state index contributed by atoms with van der Waals surface area (Å²) in [6.07, 6.45) is 2.34. The van der Waals surface area contributed by atoms with Crippen molar-refractivity contribution < 1.29 is 13.2 Å². The van der Waals surface area contributed by atoms with E-state index in [0.717, 1.165) is 15.6 Å². The van der Waals surface area contributed by atoms with Crippen LogP contribution in [0.5, 0.6) is 0 Å². The summed E-state index contributed by atoms with van der Waals surface area (Å²) in [5, 5.41) is 2.93. The molecule has 0 fully saturated rings. The van der Waals surface area contributed by atoms with Crippen molar-refractivity contribution in [1.29, 1.82) is 0 Å². The van der Waals surface area contributed by atoms with Crippen LogP contribution < -0.4 is 10.0 Å². The molecule has 158 valence electrons. The number of sulfonamides is 1. The minimum atomic E-state index is -3.82. The third-order valence-electron chi connectivity index (χ3n) is 4.59. The molecular formula is C21H27BrN2O3S2. The van der Waals surface area contributed by atoms with Gasteiger partial charge in [-0.05, 0) is 74.1 Å². The van der Waals surface area contributed by atoms with Gasteiger partial charge in [-0.1, -0.05) is 40.2 Å². The lowest BCUT2D eigenvalue weighted by molar-refractivity contribution is -0.123. The Kier molecular flexibility index (Phi) is 8.75. The van der Waals surface area contributed by atoms with E-state index in [2.05, 4.69) is 26.0 Å². The molecular weight excluding hydrogens is 472 g/mol. The lowest BCUT2D eigenvalue weighted by Gasteiger charge is -2.22. The second-order valence-electron chi connectivity index (χ2n) is 7.01. The molecule has 5 nitrogen and oxygen atoms in total. The summed E-state index contributed by atoms with van der Waals surface area (Å²) in [5.41, 5.74) is 2.45. The number of hydrogen-bond donors (Lipinski definition) is 2. The molecule has 0 aromatic heterocycles. The fourth-order valence-corrected chi connectivity index (χ4v) is 5.17. The maximum atomic E-state index is 13.0. The molecule has 0 aliphatic rings. The van der Waals surface area contributed by atoms with E-state index >= 15 is 0 Å². The number of carbonyl (C=O) groups excluding carboxylic acids is 1. The monoisotopic (exact) mass is 498 g/mol. The number of aryl methyl sites for hydroxylation is 2. The zero-order valence-corrected chi connectivity index (χ0v) is 20.2. The molecule has 2 unspecified atom stereocenters. The standard InChI is InChI=1S/C21H27BrN2O3S2/c1-14-5-6-15(2)20(13-14)29(26,27)24-19(11-12-28-4)21(25)23-16(3)17-7-9-18(22)10-8-17/h5-10,13,16,19,24H,11-12H2,1-4H3,(H,23,25). The molecule has 0 saturated carbocycles. The molecule has 2 N–H and O–H groups in total. The van der Waals surface area contributed by atoms with Gasteiger partial charge in [-0.2, -0.15) is 16.5 Å². The van der Waals surface area contributed by atoms with Gasteiger partial charge in [0, 0.05) is 4.47 Å². The predicted molar refractivity (Wildman–Crippen MR) is 124 cm³/mol. The molecule has 0 heterocycles. The van der Waals surface area contributed by atoms with Crippen molar-refractivity contribution >= 4 is 43.6 Å². The van der Waals surface area contributed by atoms with Crippen molar-refractivity contribution in [3.05, 3.63) is 63.6 Å². The number of amides is 1. The van der Waals surface area contributed by atoms with Crippen LogP contribution in [0.2, 0.25) is 0 Å². The van der Waals surface area contributed by atoms with Gasteiger partial charge in [-0.15, -0.1) is 0 Å². The molecule has 0 bridgehead atoms. The number of hydrogen-bond acceptors (Lipinski definition) is 4. The van der Waals surface area contributed by atoms with E-state index in [0.29, 0.717) is 17.7 Å². The zero-order valence-electron chi connectivity index (χ0n) is 17.0. The Morgan fingerprint density at radius 1 is 1.14 bits per heavy atom. The number of rotatable bonds is 9.